The summed E-state index contributed by atoms with van der Waals surface area (Å²) in [5.74, 6) is -0.0837. The summed E-state index contributed by atoms with van der Waals surface area (Å²) in [7, 11) is 2.97. The van der Waals surface area contributed by atoms with Gasteiger partial charge in [0.05, 0.1) is 14.2 Å². The van der Waals surface area contributed by atoms with Crippen molar-refractivity contribution >= 4 is 11.9 Å². The van der Waals surface area contributed by atoms with Crippen molar-refractivity contribution in [1.82, 2.24) is 5.32 Å². The molecule has 0 heterocycles. The molecule has 0 bridgehead atoms. The molecule has 2 aromatic carbocycles. The maximum Gasteiger partial charge on any atom is 0.342 e. The van der Waals surface area contributed by atoms with Crippen LogP contribution < -0.4 is 14.8 Å². The molecule has 2 aromatic rings. The van der Waals surface area contributed by atoms with Crippen LogP contribution in [0.15, 0.2) is 42.5 Å². The van der Waals surface area contributed by atoms with E-state index in [0.717, 1.165) is 6.42 Å². The van der Waals surface area contributed by atoms with E-state index in [1.165, 1.54) is 31.4 Å². The molecule has 2 rings (SSSR count). The van der Waals surface area contributed by atoms with Gasteiger partial charge in [0.2, 0.25) is 0 Å². The number of hydrogen-bond donors (Lipinski definition) is 1. The SMILES string of the molecule is COc1ccc(C(=O)OCC(=O)NCCc2ccccc2C)c(OC)c1. The molecule has 0 atom stereocenters. The molecule has 0 aliphatic rings. The molecule has 0 aliphatic carbocycles. The summed E-state index contributed by atoms with van der Waals surface area (Å²) in [5.41, 5.74) is 2.59. The number of ether oxygens (including phenoxy) is 3. The lowest BCUT2D eigenvalue weighted by Crippen LogP contribution is -2.30. The highest BCUT2D eigenvalue weighted by Crippen LogP contribution is 2.25. The van der Waals surface area contributed by atoms with Gasteiger partial charge in [-0.1, -0.05) is 24.3 Å². The second-order valence-electron chi connectivity index (χ2n) is 5.67. The van der Waals surface area contributed by atoms with Gasteiger partial charge in [-0.2, -0.15) is 0 Å². The maximum absolute atomic E-state index is 12.1. The first-order valence-corrected chi connectivity index (χ1v) is 8.25. The Morgan fingerprint density at radius 2 is 1.81 bits per heavy atom. The number of carbonyl (C=O) groups is 2. The highest BCUT2D eigenvalue weighted by molar-refractivity contribution is 5.94. The molecule has 0 aliphatic heterocycles. The Labute approximate surface area is 153 Å². The fourth-order valence-electron chi connectivity index (χ4n) is 2.45. The lowest BCUT2D eigenvalue weighted by molar-refractivity contribution is -0.124. The number of aryl methyl sites for hydroxylation is 1. The summed E-state index contributed by atoms with van der Waals surface area (Å²) >= 11 is 0. The summed E-state index contributed by atoms with van der Waals surface area (Å²) in [4.78, 5) is 24.0. The molecule has 0 aromatic heterocycles. The highest BCUT2D eigenvalue weighted by atomic mass is 16.5. The molecule has 6 heteroatoms. The van der Waals surface area contributed by atoms with Crippen LogP contribution in [0, 0.1) is 6.92 Å². The van der Waals surface area contributed by atoms with Gasteiger partial charge in [0.25, 0.3) is 5.91 Å². The predicted molar refractivity (Wildman–Crippen MR) is 97.7 cm³/mol. The molecule has 6 nitrogen and oxygen atoms in total. The summed E-state index contributed by atoms with van der Waals surface area (Å²) < 4.78 is 15.3. The number of carbonyl (C=O) groups excluding carboxylic acids is 2. The van der Waals surface area contributed by atoms with E-state index >= 15 is 0 Å². The normalized spacial score (nSPS) is 10.1. The van der Waals surface area contributed by atoms with Crippen molar-refractivity contribution in [3.63, 3.8) is 0 Å². The van der Waals surface area contributed by atoms with Gasteiger partial charge < -0.3 is 19.5 Å². The van der Waals surface area contributed by atoms with Crippen LogP contribution in [0.2, 0.25) is 0 Å². The number of esters is 1. The standard InChI is InChI=1S/C20H23NO5/c1-14-6-4-5-7-15(14)10-11-21-19(22)13-26-20(23)17-9-8-16(24-2)12-18(17)25-3/h4-9,12H,10-11,13H2,1-3H3,(H,21,22). The van der Waals surface area contributed by atoms with Crippen LogP contribution in [0.5, 0.6) is 11.5 Å². The minimum absolute atomic E-state index is 0.237. The molecule has 1 amide bonds. The highest BCUT2D eigenvalue weighted by Gasteiger charge is 2.16. The third-order valence-electron chi connectivity index (χ3n) is 3.94. The predicted octanol–water partition coefficient (Wildman–Crippen LogP) is 2.53. The molecule has 0 spiro atoms. The van der Waals surface area contributed by atoms with Gasteiger partial charge in [-0.3, -0.25) is 4.79 Å². The second-order valence-corrected chi connectivity index (χ2v) is 5.67. The molecule has 26 heavy (non-hydrogen) atoms. The summed E-state index contributed by atoms with van der Waals surface area (Å²) in [6.07, 6.45) is 0.721. The molecule has 0 saturated heterocycles. The van der Waals surface area contributed by atoms with Crippen LogP contribution >= 0.6 is 0 Å². The Bertz CT molecular complexity index is 773. The van der Waals surface area contributed by atoms with E-state index < -0.39 is 5.97 Å². The van der Waals surface area contributed by atoms with Gasteiger partial charge in [-0.15, -0.1) is 0 Å². The molecule has 138 valence electrons. The number of benzene rings is 2. The third kappa shape index (κ3) is 5.24. The van der Waals surface area contributed by atoms with E-state index in [9.17, 15) is 9.59 Å². The zero-order chi connectivity index (χ0) is 18.9. The molecule has 0 radical (unpaired) electrons. The quantitative estimate of drug-likeness (QED) is 0.735. The molecule has 1 N–H and O–H groups in total. The van der Waals surface area contributed by atoms with Crippen molar-refractivity contribution in [2.45, 2.75) is 13.3 Å². The zero-order valence-electron chi connectivity index (χ0n) is 15.2. The summed E-state index contributed by atoms with van der Waals surface area (Å²) in [6, 6.07) is 12.7. The average Bonchev–Trinajstić information content (AvgIpc) is 2.67. The summed E-state index contributed by atoms with van der Waals surface area (Å²) in [5, 5.41) is 2.74. The van der Waals surface area contributed by atoms with Gasteiger partial charge in [0, 0.05) is 12.6 Å². The number of nitrogens with one attached hydrogen (secondary N) is 1. The minimum atomic E-state index is -0.626. The van der Waals surface area contributed by atoms with E-state index in [1.807, 2.05) is 31.2 Å². The topological polar surface area (TPSA) is 73.9 Å². The van der Waals surface area contributed by atoms with Gasteiger partial charge in [-0.25, -0.2) is 4.79 Å². The fourth-order valence-corrected chi connectivity index (χ4v) is 2.45. The van der Waals surface area contributed by atoms with Gasteiger partial charge >= 0.3 is 5.97 Å². The minimum Gasteiger partial charge on any atom is -0.497 e. The van der Waals surface area contributed by atoms with E-state index in [-0.39, 0.29) is 18.1 Å². The second kappa shape index (κ2) is 9.46. The first-order valence-electron chi connectivity index (χ1n) is 8.25. The Kier molecular flexibility index (Phi) is 7.02. The number of methoxy groups -OCH3 is 2. The van der Waals surface area contributed by atoms with Gasteiger partial charge in [-0.05, 0) is 36.6 Å². The molecular weight excluding hydrogens is 334 g/mol. The Balaban J connectivity index is 1.81. The molecule has 0 fully saturated rings. The van der Waals surface area contributed by atoms with Crippen LogP contribution in [0.4, 0.5) is 0 Å². The van der Waals surface area contributed by atoms with E-state index in [0.29, 0.717) is 18.0 Å². The smallest absolute Gasteiger partial charge is 0.342 e. The van der Waals surface area contributed by atoms with Crippen LogP contribution in [-0.2, 0) is 16.0 Å². The first-order chi connectivity index (χ1) is 12.5. The number of amides is 1. The largest absolute Gasteiger partial charge is 0.497 e. The summed E-state index contributed by atoms with van der Waals surface area (Å²) in [6.45, 7) is 2.16. The zero-order valence-corrected chi connectivity index (χ0v) is 15.2. The van der Waals surface area contributed by atoms with Crippen LogP contribution in [0.25, 0.3) is 0 Å². The average molecular weight is 357 g/mol. The third-order valence-corrected chi connectivity index (χ3v) is 3.94. The molecule has 0 unspecified atom stereocenters. The Hall–Kier alpha value is -3.02. The van der Waals surface area contributed by atoms with Gasteiger partial charge in [0.15, 0.2) is 6.61 Å². The maximum atomic E-state index is 12.1. The van der Waals surface area contributed by atoms with Crippen molar-refractivity contribution in [3.05, 3.63) is 59.2 Å². The van der Waals surface area contributed by atoms with Crippen molar-refractivity contribution in [2.24, 2.45) is 0 Å². The lowest BCUT2D eigenvalue weighted by atomic mass is 10.1. The van der Waals surface area contributed by atoms with Crippen LogP contribution in [-0.4, -0.2) is 39.2 Å². The van der Waals surface area contributed by atoms with Gasteiger partial charge in [0.1, 0.15) is 17.1 Å². The van der Waals surface area contributed by atoms with E-state index in [2.05, 4.69) is 5.32 Å². The first kappa shape index (κ1) is 19.3. The number of hydrogen-bond acceptors (Lipinski definition) is 5. The van der Waals surface area contributed by atoms with Crippen LogP contribution in [0.1, 0.15) is 21.5 Å². The van der Waals surface area contributed by atoms with Crippen molar-refractivity contribution in [2.75, 3.05) is 27.4 Å². The van der Waals surface area contributed by atoms with Crippen LogP contribution in [0.3, 0.4) is 0 Å². The van der Waals surface area contributed by atoms with Crippen molar-refractivity contribution in [3.8, 4) is 11.5 Å². The monoisotopic (exact) mass is 357 g/mol. The number of rotatable bonds is 8. The van der Waals surface area contributed by atoms with E-state index in [4.69, 9.17) is 14.2 Å². The van der Waals surface area contributed by atoms with Crippen molar-refractivity contribution in [1.29, 1.82) is 0 Å². The van der Waals surface area contributed by atoms with Crippen molar-refractivity contribution < 1.29 is 23.8 Å². The fraction of sp³-hybridized carbons (Fsp3) is 0.300. The Morgan fingerprint density at radius 1 is 1.04 bits per heavy atom. The molecular formula is C20H23NO5. The van der Waals surface area contributed by atoms with E-state index in [1.54, 1.807) is 12.1 Å². The molecule has 0 saturated carbocycles. The Morgan fingerprint density at radius 3 is 2.50 bits per heavy atom. The lowest BCUT2D eigenvalue weighted by Gasteiger charge is -2.11.